The summed E-state index contributed by atoms with van der Waals surface area (Å²) in [4.78, 5) is 0. The SMILES string of the molecule is COc1ccc(COC/C=C(\C)CC[C@@H]2O[C@@]2(C)CC[C@H](O)/C(C)=C\I)cc1. The van der Waals surface area contributed by atoms with E-state index in [9.17, 15) is 5.11 Å². The van der Waals surface area contributed by atoms with Gasteiger partial charge in [0.2, 0.25) is 0 Å². The van der Waals surface area contributed by atoms with E-state index in [-0.39, 0.29) is 11.7 Å². The molecule has 2 rings (SSSR count). The van der Waals surface area contributed by atoms with Crippen molar-refractivity contribution in [1.29, 1.82) is 0 Å². The Hall–Kier alpha value is -0.890. The second-order valence-electron chi connectivity index (χ2n) is 7.78. The minimum absolute atomic E-state index is 0.0717. The van der Waals surface area contributed by atoms with Crippen LogP contribution < -0.4 is 4.74 Å². The molecule has 0 amide bonds. The second-order valence-corrected chi connectivity index (χ2v) is 8.40. The topological polar surface area (TPSA) is 51.2 Å². The molecule has 4 nitrogen and oxygen atoms in total. The molecule has 0 spiro atoms. The molecule has 1 saturated heterocycles. The van der Waals surface area contributed by atoms with Crippen LogP contribution in [0.25, 0.3) is 0 Å². The van der Waals surface area contributed by atoms with Crippen molar-refractivity contribution in [3.05, 3.63) is 51.1 Å². The molecule has 1 aromatic rings. The van der Waals surface area contributed by atoms with Crippen molar-refractivity contribution in [1.82, 2.24) is 0 Å². The summed E-state index contributed by atoms with van der Waals surface area (Å²) >= 11 is 2.17. The maximum absolute atomic E-state index is 10.1. The van der Waals surface area contributed by atoms with Gasteiger partial charge in [-0.2, -0.15) is 0 Å². The van der Waals surface area contributed by atoms with Gasteiger partial charge in [-0.3, -0.25) is 0 Å². The van der Waals surface area contributed by atoms with Crippen LogP contribution in [-0.4, -0.2) is 36.6 Å². The van der Waals surface area contributed by atoms with Crippen molar-refractivity contribution in [2.24, 2.45) is 0 Å². The van der Waals surface area contributed by atoms with Crippen LogP contribution in [0.5, 0.6) is 5.75 Å². The number of aliphatic hydroxyl groups is 1. The van der Waals surface area contributed by atoms with Crippen molar-refractivity contribution in [2.45, 2.75) is 70.9 Å². The number of halogens is 1. The molecule has 156 valence electrons. The van der Waals surface area contributed by atoms with Crippen LogP contribution in [-0.2, 0) is 16.1 Å². The summed E-state index contributed by atoms with van der Waals surface area (Å²) in [6.45, 7) is 7.49. The Morgan fingerprint density at radius 1 is 1.32 bits per heavy atom. The van der Waals surface area contributed by atoms with E-state index in [4.69, 9.17) is 14.2 Å². The molecule has 3 atom stereocenters. The van der Waals surface area contributed by atoms with E-state index in [2.05, 4.69) is 42.5 Å². The summed E-state index contributed by atoms with van der Waals surface area (Å²) in [6, 6.07) is 7.94. The fourth-order valence-electron chi connectivity index (χ4n) is 3.16. The number of allylic oxidation sites excluding steroid dienone is 1. The molecule has 28 heavy (non-hydrogen) atoms. The van der Waals surface area contributed by atoms with E-state index in [0.717, 1.165) is 42.6 Å². The molecule has 1 aliphatic heterocycles. The molecule has 1 N–H and O–H groups in total. The van der Waals surface area contributed by atoms with Crippen molar-refractivity contribution in [3.8, 4) is 5.75 Å². The largest absolute Gasteiger partial charge is 0.497 e. The second kappa shape index (κ2) is 11.3. The third-order valence-electron chi connectivity index (χ3n) is 5.43. The van der Waals surface area contributed by atoms with Gasteiger partial charge < -0.3 is 19.3 Å². The first-order chi connectivity index (χ1) is 13.4. The summed E-state index contributed by atoms with van der Waals surface area (Å²) < 4.78 is 18.8. The number of ether oxygens (including phenoxy) is 3. The zero-order valence-corrected chi connectivity index (χ0v) is 19.6. The molecule has 0 bridgehead atoms. The average molecular weight is 500 g/mol. The summed E-state index contributed by atoms with van der Waals surface area (Å²) in [5, 5.41) is 10.1. The molecule has 0 radical (unpaired) electrons. The predicted octanol–water partition coefficient (Wildman–Crippen LogP) is 5.58. The van der Waals surface area contributed by atoms with Gasteiger partial charge in [0, 0.05) is 0 Å². The lowest BCUT2D eigenvalue weighted by molar-refractivity contribution is 0.148. The van der Waals surface area contributed by atoms with E-state index >= 15 is 0 Å². The van der Waals surface area contributed by atoms with Gasteiger partial charge in [-0.05, 0) is 73.8 Å². The van der Waals surface area contributed by atoms with Crippen LogP contribution in [0.3, 0.4) is 0 Å². The first-order valence-corrected chi connectivity index (χ1v) is 11.1. The Bertz CT molecular complexity index is 668. The van der Waals surface area contributed by atoms with Crippen LogP contribution >= 0.6 is 22.6 Å². The zero-order chi connectivity index (χ0) is 20.6. The Balaban J connectivity index is 1.62. The summed E-state index contributed by atoms with van der Waals surface area (Å²) in [5.41, 5.74) is 3.42. The number of hydrogen-bond donors (Lipinski definition) is 1. The standard InChI is InChI=1S/C23H33IO4/c1-17(12-14-27-16-19-6-8-20(26-4)9-7-19)5-10-22-23(3,28-22)13-11-21(25)18(2)15-24/h6-9,12,15,21-22,25H,5,10-11,13-14,16H2,1-4H3/b17-12+,18-15-/t21-,22-,23-/m0/s1. The zero-order valence-electron chi connectivity index (χ0n) is 17.4. The monoisotopic (exact) mass is 500 g/mol. The van der Waals surface area contributed by atoms with E-state index in [1.807, 2.05) is 35.3 Å². The lowest BCUT2D eigenvalue weighted by Gasteiger charge is -2.13. The van der Waals surface area contributed by atoms with Gasteiger partial charge in [0.15, 0.2) is 0 Å². The maximum Gasteiger partial charge on any atom is 0.118 e. The molecular weight excluding hydrogens is 467 g/mol. The van der Waals surface area contributed by atoms with Crippen LogP contribution in [0.15, 0.2) is 45.6 Å². The van der Waals surface area contributed by atoms with Gasteiger partial charge in [0.1, 0.15) is 5.75 Å². The van der Waals surface area contributed by atoms with Crippen LogP contribution in [0.4, 0.5) is 0 Å². The highest BCUT2D eigenvalue weighted by molar-refractivity contribution is 14.1. The molecule has 1 fully saturated rings. The molecule has 0 aliphatic carbocycles. The Morgan fingerprint density at radius 3 is 2.68 bits per heavy atom. The number of aliphatic hydroxyl groups excluding tert-OH is 1. The van der Waals surface area contributed by atoms with Crippen LogP contribution in [0.1, 0.15) is 52.0 Å². The molecular formula is C23H33IO4. The van der Waals surface area contributed by atoms with Gasteiger partial charge in [0.25, 0.3) is 0 Å². The van der Waals surface area contributed by atoms with Crippen LogP contribution in [0, 0.1) is 0 Å². The molecule has 0 aromatic heterocycles. The summed E-state index contributed by atoms with van der Waals surface area (Å²) in [6.07, 6.45) is 5.79. The fourth-order valence-corrected chi connectivity index (χ4v) is 3.57. The third-order valence-corrected chi connectivity index (χ3v) is 6.41. The molecule has 5 heteroatoms. The highest BCUT2D eigenvalue weighted by atomic mass is 127. The molecule has 1 heterocycles. The summed E-state index contributed by atoms with van der Waals surface area (Å²) in [5.74, 6) is 0.861. The Kier molecular flexibility index (Phi) is 9.47. The predicted molar refractivity (Wildman–Crippen MR) is 122 cm³/mol. The number of rotatable bonds is 12. The minimum Gasteiger partial charge on any atom is -0.497 e. The Labute approximate surface area is 183 Å². The number of methoxy groups -OCH3 is 1. The van der Waals surface area contributed by atoms with Gasteiger partial charge in [-0.1, -0.05) is 46.4 Å². The van der Waals surface area contributed by atoms with Gasteiger partial charge >= 0.3 is 0 Å². The van der Waals surface area contributed by atoms with Crippen molar-refractivity contribution >= 4 is 22.6 Å². The molecule has 0 saturated carbocycles. The highest BCUT2D eigenvalue weighted by Gasteiger charge is 2.50. The van der Waals surface area contributed by atoms with Crippen molar-refractivity contribution in [3.63, 3.8) is 0 Å². The van der Waals surface area contributed by atoms with Crippen LogP contribution in [0.2, 0.25) is 0 Å². The smallest absolute Gasteiger partial charge is 0.118 e. The molecule has 0 unspecified atom stereocenters. The van der Waals surface area contributed by atoms with Gasteiger partial charge in [0.05, 0.1) is 38.1 Å². The van der Waals surface area contributed by atoms with Crippen molar-refractivity contribution in [2.75, 3.05) is 13.7 Å². The average Bonchev–Trinajstić information content (AvgIpc) is 3.37. The fraction of sp³-hybridized carbons (Fsp3) is 0.565. The lowest BCUT2D eigenvalue weighted by atomic mass is 9.94. The van der Waals surface area contributed by atoms with Gasteiger partial charge in [-0.25, -0.2) is 0 Å². The first-order valence-electron chi connectivity index (χ1n) is 9.87. The van der Waals surface area contributed by atoms with Gasteiger partial charge in [-0.15, -0.1) is 0 Å². The quantitative estimate of drug-likeness (QED) is 0.176. The van der Waals surface area contributed by atoms with E-state index in [0.29, 0.717) is 19.3 Å². The minimum atomic E-state index is -0.358. The number of hydrogen-bond acceptors (Lipinski definition) is 4. The Morgan fingerprint density at radius 2 is 2.04 bits per heavy atom. The molecule has 1 aromatic carbocycles. The highest BCUT2D eigenvalue weighted by Crippen LogP contribution is 2.43. The molecule has 1 aliphatic rings. The summed E-state index contributed by atoms with van der Waals surface area (Å²) in [7, 11) is 1.67. The maximum atomic E-state index is 10.1. The number of benzene rings is 1. The number of epoxide rings is 1. The van der Waals surface area contributed by atoms with E-state index in [1.54, 1.807) is 7.11 Å². The normalized spacial score (nSPS) is 23.6. The lowest BCUT2D eigenvalue weighted by Crippen LogP contribution is -2.16. The van der Waals surface area contributed by atoms with E-state index in [1.165, 1.54) is 5.57 Å². The van der Waals surface area contributed by atoms with Crippen molar-refractivity contribution < 1.29 is 19.3 Å². The first kappa shape index (κ1) is 23.4. The van der Waals surface area contributed by atoms with E-state index < -0.39 is 0 Å². The third kappa shape index (κ3) is 7.50.